The molecule has 2 N–H and O–H groups in total. The second-order valence-corrected chi connectivity index (χ2v) is 3.72. The third kappa shape index (κ3) is 1.03. The Morgan fingerprint density at radius 2 is 2.42 bits per heavy atom. The Bertz CT molecular complexity index is 207. The lowest BCUT2D eigenvalue weighted by Crippen LogP contribution is -2.35. The molecule has 2 saturated heterocycles. The van der Waals surface area contributed by atoms with Crippen LogP contribution in [0.15, 0.2) is 0 Å². The van der Waals surface area contributed by atoms with Gasteiger partial charge in [-0.3, -0.25) is 4.79 Å². The topological polar surface area (TPSA) is 52.6 Å². The zero-order chi connectivity index (χ0) is 8.72. The number of nitrogens with one attached hydrogen (secondary N) is 1. The van der Waals surface area contributed by atoms with Crippen LogP contribution in [0, 0.1) is 5.92 Å². The molecule has 4 nitrogen and oxygen atoms in total. The molecule has 2 heterocycles. The minimum absolute atomic E-state index is 0.306. The first-order valence-corrected chi connectivity index (χ1v) is 4.36. The van der Waals surface area contributed by atoms with Gasteiger partial charge in [0.25, 0.3) is 0 Å². The van der Waals surface area contributed by atoms with Gasteiger partial charge in [0.2, 0.25) is 0 Å². The Kier molecular flexibility index (Phi) is 1.81. The molecule has 0 bridgehead atoms. The standard InChI is InChI=1S/C8H14N2O2/c1-10-3-2-5-6(10)4-9-7(5)8(11)12/h5-7,9H,2-4H2,1H3,(H,11,12). The average molecular weight is 170 g/mol. The summed E-state index contributed by atoms with van der Waals surface area (Å²) >= 11 is 0. The molecule has 0 aromatic carbocycles. The van der Waals surface area contributed by atoms with Gasteiger partial charge in [-0.15, -0.1) is 0 Å². The van der Waals surface area contributed by atoms with Crippen molar-refractivity contribution in [2.45, 2.75) is 18.5 Å². The van der Waals surface area contributed by atoms with Crippen molar-refractivity contribution in [1.82, 2.24) is 10.2 Å². The quantitative estimate of drug-likeness (QED) is 0.550. The lowest BCUT2D eigenvalue weighted by Gasteiger charge is -2.16. The first-order chi connectivity index (χ1) is 5.70. The number of fused-ring (bicyclic) bond motifs is 1. The molecular weight excluding hydrogens is 156 g/mol. The largest absolute Gasteiger partial charge is 0.480 e. The molecular formula is C8H14N2O2. The Morgan fingerprint density at radius 1 is 1.67 bits per heavy atom. The van der Waals surface area contributed by atoms with Crippen molar-refractivity contribution in [3.63, 3.8) is 0 Å². The van der Waals surface area contributed by atoms with Crippen LogP contribution in [0.3, 0.4) is 0 Å². The molecule has 0 amide bonds. The van der Waals surface area contributed by atoms with Gasteiger partial charge in [-0.05, 0) is 20.0 Å². The van der Waals surface area contributed by atoms with E-state index in [1.54, 1.807) is 0 Å². The molecule has 0 saturated carbocycles. The minimum Gasteiger partial charge on any atom is -0.480 e. The summed E-state index contributed by atoms with van der Waals surface area (Å²) in [6.07, 6.45) is 1.02. The van der Waals surface area contributed by atoms with Crippen molar-refractivity contribution >= 4 is 5.97 Å². The predicted molar refractivity (Wildman–Crippen MR) is 44.0 cm³/mol. The number of hydrogen-bond donors (Lipinski definition) is 2. The molecule has 12 heavy (non-hydrogen) atoms. The van der Waals surface area contributed by atoms with Crippen molar-refractivity contribution in [2.75, 3.05) is 20.1 Å². The van der Waals surface area contributed by atoms with Crippen molar-refractivity contribution in [3.8, 4) is 0 Å². The summed E-state index contributed by atoms with van der Waals surface area (Å²) in [6, 6.07) is 0.144. The molecule has 2 rings (SSSR count). The number of carbonyl (C=O) groups is 1. The second-order valence-electron chi connectivity index (χ2n) is 3.72. The molecule has 0 aromatic heterocycles. The highest BCUT2D eigenvalue weighted by molar-refractivity contribution is 5.74. The van der Waals surface area contributed by atoms with E-state index < -0.39 is 5.97 Å². The van der Waals surface area contributed by atoms with Gasteiger partial charge in [-0.25, -0.2) is 0 Å². The van der Waals surface area contributed by atoms with Gasteiger partial charge >= 0.3 is 5.97 Å². The monoisotopic (exact) mass is 170 g/mol. The highest BCUT2D eigenvalue weighted by atomic mass is 16.4. The molecule has 4 heteroatoms. The van der Waals surface area contributed by atoms with Crippen LogP contribution in [0.5, 0.6) is 0 Å². The van der Waals surface area contributed by atoms with E-state index in [-0.39, 0.29) is 6.04 Å². The number of nitrogens with zero attached hydrogens (tertiary/aromatic N) is 1. The fourth-order valence-corrected chi connectivity index (χ4v) is 2.40. The van der Waals surface area contributed by atoms with Crippen LogP contribution in [0.4, 0.5) is 0 Å². The third-order valence-corrected chi connectivity index (χ3v) is 3.12. The van der Waals surface area contributed by atoms with E-state index in [2.05, 4.69) is 17.3 Å². The van der Waals surface area contributed by atoms with E-state index in [1.807, 2.05) is 0 Å². The number of rotatable bonds is 1. The van der Waals surface area contributed by atoms with Crippen LogP contribution < -0.4 is 5.32 Å². The third-order valence-electron chi connectivity index (χ3n) is 3.12. The number of likely N-dealkylation sites (N-methyl/N-ethyl adjacent to an activating group) is 1. The summed E-state index contributed by atoms with van der Waals surface area (Å²) in [5.74, 6) is -0.370. The smallest absolute Gasteiger partial charge is 0.321 e. The average Bonchev–Trinajstić information content (AvgIpc) is 2.53. The Labute approximate surface area is 71.5 Å². The molecule has 68 valence electrons. The van der Waals surface area contributed by atoms with E-state index in [1.165, 1.54) is 0 Å². The highest BCUT2D eigenvalue weighted by Gasteiger charge is 2.45. The predicted octanol–water partition coefficient (Wildman–Crippen LogP) is -0.637. The molecule has 2 aliphatic heterocycles. The minimum atomic E-state index is -0.696. The molecule has 0 spiro atoms. The Balaban J connectivity index is 2.10. The summed E-state index contributed by atoms with van der Waals surface area (Å²) in [5.41, 5.74) is 0. The summed E-state index contributed by atoms with van der Waals surface area (Å²) in [5, 5.41) is 11.9. The summed E-state index contributed by atoms with van der Waals surface area (Å²) in [4.78, 5) is 13.0. The van der Waals surface area contributed by atoms with Gasteiger partial charge < -0.3 is 15.3 Å². The molecule has 0 aromatic rings. The van der Waals surface area contributed by atoms with Crippen LogP contribution >= 0.6 is 0 Å². The van der Waals surface area contributed by atoms with Crippen LogP contribution in [0.1, 0.15) is 6.42 Å². The summed E-state index contributed by atoms with van der Waals surface area (Å²) in [7, 11) is 2.07. The van der Waals surface area contributed by atoms with Crippen LogP contribution in [-0.2, 0) is 4.79 Å². The van der Waals surface area contributed by atoms with E-state index in [0.29, 0.717) is 12.0 Å². The van der Waals surface area contributed by atoms with Crippen LogP contribution in [0.25, 0.3) is 0 Å². The molecule has 2 fully saturated rings. The maximum absolute atomic E-state index is 10.8. The maximum Gasteiger partial charge on any atom is 0.321 e. The molecule has 0 radical (unpaired) electrons. The summed E-state index contributed by atoms with van der Waals surface area (Å²) in [6.45, 7) is 1.87. The van der Waals surface area contributed by atoms with Gasteiger partial charge in [0.05, 0.1) is 0 Å². The van der Waals surface area contributed by atoms with Crippen LogP contribution in [0.2, 0.25) is 0 Å². The Hall–Kier alpha value is -0.610. The zero-order valence-electron chi connectivity index (χ0n) is 7.16. The lowest BCUT2D eigenvalue weighted by molar-refractivity contribution is -0.140. The van der Waals surface area contributed by atoms with Gasteiger partial charge in [-0.1, -0.05) is 0 Å². The maximum atomic E-state index is 10.8. The van der Waals surface area contributed by atoms with Crippen molar-refractivity contribution in [3.05, 3.63) is 0 Å². The van der Waals surface area contributed by atoms with E-state index in [4.69, 9.17) is 5.11 Å². The highest BCUT2D eigenvalue weighted by Crippen LogP contribution is 2.29. The van der Waals surface area contributed by atoms with E-state index in [0.717, 1.165) is 19.5 Å². The lowest BCUT2D eigenvalue weighted by atomic mass is 9.97. The number of hydrogen-bond acceptors (Lipinski definition) is 3. The zero-order valence-corrected chi connectivity index (χ0v) is 7.16. The number of carboxylic acids is 1. The van der Waals surface area contributed by atoms with Crippen molar-refractivity contribution < 1.29 is 9.90 Å². The first-order valence-electron chi connectivity index (χ1n) is 4.36. The molecule has 3 unspecified atom stereocenters. The van der Waals surface area contributed by atoms with Gasteiger partial charge in [0.15, 0.2) is 0 Å². The van der Waals surface area contributed by atoms with Gasteiger partial charge in [0.1, 0.15) is 6.04 Å². The van der Waals surface area contributed by atoms with Crippen molar-refractivity contribution in [1.29, 1.82) is 0 Å². The number of aliphatic carboxylic acids is 1. The molecule has 3 atom stereocenters. The summed E-state index contributed by atoms with van der Waals surface area (Å²) < 4.78 is 0. The fourth-order valence-electron chi connectivity index (χ4n) is 2.40. The van der Waals surface area contributed by atoms with E-state index >= 15 is 0 Å². The van der Waals surface area contributed by atoms with E-state index in [9.17, 15) is 4.79 Å². The SMILES string of the molecule is CN1CCC2C(C(=O)O)NCC21. The second kappa shape index (κ2) is 2.71. The first kappa shape index (κ1) is 8.01. The van der Waals surface area contributed by atoms with Gasteiger partial charge in [0, 0.05) is 18.5 Å². The molecule has 2 aliphatic rings. The number of likely N-dealkylation sites (tertiary alicyclic amines) is 1. The van der Waals surface area contributed by atoms with Gasteiger partial charge in [-0.2, -0.15) is 0 Å². The number of carboxylic acid groups (broad SMARTS) is 1. The van der Waals surface area contributed by atoms with Crippen LogP contribution in [-0.4, -0.2) is 48.2 Å². The molecule has 0 aliphatic carbocycles. The normalized spacial score (nSPS) is 41.6. The fraction of sp³-hybridized carbons (Fsp3) is 0.875. The van der Waals surface area contributed by atoms with Crippen molar-refractivity contribution in [2.24, 2.45) is 5.92 Å². The Morgan fingerprint density at radius 3 is 3.08 bits per heavy atom.